The molecule has 2 heterocycles. The Bertz CT molecular complexity index is 686. The summed E-state index contributed by atoms with van der Waals surface area (Å²) in [6, 6.07) is 10.0. The highest BCUT2D eigenvalue weighted by molar-refractivity contribution is 5.92. The lowest BCUT2D eigenvalue weighted by Crippen LogP contribution is -1.98. The molecular formula is C14H14N4. The number of hydrogen-bond acceptors (Lipinski definition) is 3. The molecule has 90 valence electrons. The number of aromatic amines is 1. The molecule has 2 aromatic heterocycles. The van der Waals surface area contributed by atoms with E-state index >= 15 is 0 Å². The zero-order valence-corrected chi connectivity index (χ0v) is 10.4. The highest BCUT2D eigenvalue weighted by Gasteiger charge is 2.09. The zero-order valence-electron chi connectivity index (χ0n) is 10.4. The van der Waals surface area contributed by atoms with Crippen LogP contribution >= 0.6 is 0 Å². The number of nitrogens with zero attached hydrogens (tertiary/aromatic N) is 2. The lowest BCUT2D eigenvalue weighted by molar-refractivity contribution is 1.08. The Kier molecular flexibility index (Phi) is 2.48. The summed E-state index contributed by atoms with van der Waals surface area (Å²) in [5.41, 5.74) is 3.04. The van der Waals surface area contributed by atoms with E-state index in [2.05, 4.69) is 20.3 Å². The number of anilines is 2. The molecule has 0 radical (unpaired) electrons. The van der Waals surface area contributed by atoms with Crippen molar-refractivity contribution in [2.75, 3.05) is 5.32 Å². The third kappa shape index (κ3) is 1.82. The third-order valence-electron chi connectivity index (χ3n) is 2.88. The largest absolute Gasteiger partial charge is 0.346 e. The van der Waals surface area contributed by atoms with Crippen molar-refractivity contribution in [3.8, 4) is 0 Å². The van der Waals surface area contributed by atoms with Gasteiger partial charge in [-0.2, -0.15) is 0 Å². The number of benzene rings is 1. The number of aromatic nitrogens is 3. The fourth-order valence-corrected chi connectivity index (χ4v) is 2.05. The average Bonchev–Trinajstić information content (AvgIpc) is 2.72. The van der Waals surface area contributed by atoms with Gasteiger partial charge in [-0.15, -0.1) is 0 Å². The standard InChI is InChI=1S/C14H14N4/c1-9-8-15-13-12(9)14(17-10(2)16-13)18-11-6-4-3-5-7-11/h3-8H,1-2H3,(H2,15,16,17,18). The Hall–Kier alpha value is -2.36. The van der Waals surface area contributed by atoms with Crippen LogP contribution in [0.5, 0.6) is 0 Å². The molecule has 18 heavy (non-hydrogen) atoms. The predicted molar refractivity (Wildman–Crippen MR) is 73.1 cm³/mol. The van der Waals surface area contributed by atoms with Gasteiger partial charge in [-0.1, -0.05) is 18.2 Å². The van der Waals surface area contributed by atoms with Crippen LogP contribution in [0.3, 0.4) is 0 Å². The van der Waals surface area contributed by atoms with Crippen LogP contribution in [0.1, 0.15) is 11.4 Å². The van der Waals surface area contributed by atoms with E-state index in [-0.39, 0.29) is 0 Å². The van der Waals surface area contributed by atoms with Gasteiger partial charge in [-0.25, -0.2) is 9.97 Å². The molecule has 4 heteroatoms. The summed E-state index contributed by atoms with van der Waals surface area (Å²) in [6.07, 6.45) is 1.95. The first-order valence-electron chi connectivity index (χ1n) is 5.88. The second-order valence-corrected chi connectivity index (χ2v) is 4.31. The molecule has 0 bridgehead atoms. The number of fused-ring (bicyclic) bond motifs is 1. The van der Waals surface area contributed by atoms with Gasteiger partial charge in [-0.3, -0.25) is 0 Å². The van der Waals surface area contributed by atoms with Crippen LogP contribution < -0.4 is 5.32 Å². The van der Waals surface area contributed by atoms with Crippen molar-refractivity contribution >= 4 is 22.5 Å². The van der Waals surface area contributed by atoms with Crippen molar-refractivity contribution in [1.29, 1.82) is 0 Å². The number of H-pyrrole nitrogens is 1. The van der Waals surface area contributed by atoms with Gasteiger partial charge in [-0.05, 0) is 31.5 Å². The van der Waals surface area contributed by atoms with E-state index in [0.717, 1.165) is 33.9 Å². The van der Waals surface area contributed by atoms with Crippen molar-refractivity contribution in [2.45, 2.75) is 13.8 Å². The van der Waals surface area contributed by atoms with Crippen molar-refractivity contribution in [3.05, 3.63) is 47.9 Å². The molecule has 0 unspecified atom stereocenters. The summed E-state index contributed by atoms with van der Waals surface area (Å²) in [7, 11) is 0. The maximum atomic E-state index is 4.49. The molecule has 0 aliphatic rings. The minimum absolute atomic E-state index is 0.753. The molecule has 0 atom stereocenters. The molecule has 0 spiro atoms. The Morgan fingerprint density at radius 1 is 1.06 bits per heavy atom. The molecule has 3 rings (SSSR count). The van der Waals surface area contributed by atoms with Gasteiger partial charge in [0, 0.05) is 11.9 Å². The molecular weight excluding hydrogens is 224 g/mol. The third-order valence-corrected chi connectivity index (χ3v) is 2.88. The van der Waals surface area contributed by atoms with Gasteiger partial charge in [0.1, 0.15) is 17.3 Å². The van der Waals surface area contributed by atoms with E-state index in [0.29, 0.717) is 0 Å². The Morgan fingerprint density at radius 2 is 1.83 bits per heavy atom. The molecule has 0 fully saturated rings. The summed E-state index contributed by atoms with van der Waals surface area (Å²) < 4.78 is 0. The number of hydrogen-bond donors (Lipinski definition) is 2. The van der Waals surface area contributed by atoms with Gasteiger partial charge in [0.15, 0.2) is 0 Å². The number of para-hydroxylation sites is 1. The topological polar surface area (TPSA) is 53.6 Å². The van der Waals surface area contributed by atoms with Gasteiger partial charge in [0.05, 0.1) is 5.39 Å². The predicted octanol–water partition coefficient (Wildman–Crippen LogP) is 3.32. The van der Waals surface area contributed by atoms with Gasteiger partial charge >= 0.3 is 0 Å². The maximum Gasteiger partial charge on any atom is 0.143 e. The van der Waals surface area contributed by atoms with E-state index in [1.54, 1.807) is 0 Å². The molecule has 0 saturated heterocycles. The van der Waals surface area contributed by atoms with E-state index in [9.17, 15) is 0 Å². The van der Waals surface area contributed by atoms with Crippen LogP contribution in [0, 0.1) is 13.8 Å². The van der Waals surface area contributed by atoms with Crippen LogP contribution in [0.25, 0.3) is 11.0 Å². The monoisotopic (exact) mass is 238 g/mol. The lowest BCUT2D eigenvalue weighted by Gasteiger charge is -2.08. The van der Waals surface area contributed by atoms with Crippen LogP contribution in [0.4, 0.5) is 11.5 Å². The Labute approximate surface area is 105 Å². The highest BCUT2D eigenvalue weighted by atomic mass is 15.1. The van der Waals surface area contributed by atoms with E-state index in [1.165, 1.54) is 0 Å². The first-order chi connectivity index (χ1) is 8.74. The van der Waals surface area contributed by atoms with Crippen LogP contribution in [-0.2, 0) is 0 Å². The minimum Gasteiger partial charge on any atom is -0.346 e. The molecule has 0 saturated carbocycles. The van der Waals surface area contributed by atoms with Gasteiger partial charge < -0.3 is 10.3 Å². The quantitative estimate of drug-likeness (QED) is 0.720. The van der Waals surface area contributed by atoms with E-state index < -0.39 is 0 Å². The zero-order chi connectivity index (χ0) is 12.5. The summed E-state index contributed by atoms with van der Waals surface area (Å²) >= 11 is 0. The number of nitrogens with one attached hydrogen (secondary N) is 2. The Balaban J connectivity index is 2.13. The summed E-state index contributed by atoms with van der Waals surface area (Å²) in [6.45, 7) is 3.94. The van der Waals surface area contributed by atoms with Crippen molar-refractivity contribution in [2.24, 2.45) is 0 Å². The fraction of sp³-hybridized carbons (Fsp3) is 0.143. The second-order valence-electron chi connectivity index (χ2n) is 4.31. The highest BCUT2D eigenvalue weighted by Crippen LogP contribution is 2.26. The molecule has 0 aliphatic heterocycles. The molecule has 3 aromatic rings. The normalized spacial score (nSPS) is 10.8. The summed E-state index contributed by atoms with van der Waals surface area (Å²) in [5.74, 6) is 1.60. The molecule has 1 aromatic carbocycles. The van der Waals surface area contributed by atoms with Crippen LogP contribution in [-0.4, -0.2) is 15.0 Å². The molecule has 2 N–H and O–H groups in total. The van der Waals surface area contributed by atoms with Gasteiger partial charge in [0.2, 0.25) is 0 Å². The first kappa shape index (κ1) is 10.8. The van der Waals surface area contributed by atoms with Crippen LogP contribution in [0.15, 0.2) is 36.5 Å². The number of rotatable bonds is 2. The lowest BCUT2D eigenvalue weighted by atomic mass is 10.2. The van der Waals surface area contributed by atoms with Crippen molar-refractivity contribution < 1.29 is 0 Å². The summed E-state index contributed by atoms with van der Waals surface area (Å²) in [4.78, 5) is 12.0. The fourth-order valence-electron chi connectivity index (χ4n) is 2.05. The van der Waals surface area contributed by atoms with Crippen molar-refractivity contribution in [3.63, 3.8) is 0 Å². The maximum absolute atomic E-state index is 4.49. The SMILES string of the molecule is Cc1nc(Nc2ccccc2)c2c(C)c[nH]c2n1. The minimum atomic E-state index is 0.753. The van der Waals surface area contributed by atoms with Crippen molar-refractivity contribution in [1.82, 2.24) is 15.0 Å². The number of aryl methyl sites for hydroxylation is 2. The molecule has 0 aliphatic carbocycles. The van der Waals surface area contributed by atoms with E-state index in [1.807, 2.05) is 50.4 Å². The smallest absolute Gasteiger partial charge is 0.143 e. The van der Waals surface area contributed by atoms with E-state index in [4.69, 9.17) is 0 Å². The Morgan fingerprint density at radius 3 is 2.61 bits per heavy atom. The molecule has 4 nitrogen and oxygen atoms in total. The summed E-state index contributed by atoms with van der Waals surface area (Å²) in [5, 5.41) is 4.39. The van der Waals surface area contributed by atoms with Crippen LogP contribution in [0.2, 0.25) is 0 Å². The van der Waals surface area contributed by atoms with Gasteiger partial charge in [0.25, 0.3) is 0 Å². The molecule has 0 amide bonds. The first-order valence-corrected chi connectivity index (χ1v) is 5.88. The average molecular weight is 238 g/mol. The second kappa shape index (κ2) is 4.14.